The van der Waals surface area contributed by atoms with E-state index in [-0.39, 0.29) is 5.82 Å². The summed E-state index contributed by atoms with van der Waals surface area (Å²) < 4.78 is 19.0. The molecule has 1 N–H and O–H groups in total. The van der Waals surface area contributed by atoms with Crippen molar-refractivity contribution in [2.45, 2.75) is 33.6 Å². The molecule has 0 aliphatic rings. The van der Waals surface area contributed by atoms with Gasteiger partial charge in [-0.15, -0.1) is 0 Å². The number of nitrogens with one attached hydrogen (secondary N) is 1. The molecular weight excluding hydrogens is 319 g/mol. The first kappa shape index (κ1) is 16.9. The standard InChI is InChI=1S/C19H19FN4O/c1-11-7-15(20)8-17-18(11)23-10-14(9-21)19(17)22-6-4-5-16-12(2)24-25-13(16)3/h7-8,10H,4-6H2,1-3H3,(H,22,23). The number of anilines is 1. The molecule has 0 atom stereocenters. The first-order valence-electron chi connectivity index (χ1n) is 8.16. The lowest BCUT2D eigenvalue weighted by Gasteiger charge is -2.12. The summed E-state index contributed by atoms with van der Waals surface area (Å²) in [5, 5.41) is 17.2. The molecule has 2 aromatic heterocycles. The van der Waals surface area contributed by atoms with Gasteiger partial charge < -0.3 is 9.84 Å². The average molecular weight is 338 g/mol. The van der Waals surface area contributed by atoms with E-state index < -0.39 is 0 Å². The third-order valence-corrected chi connectivity index (χ3v) is 4.33. The number of aryl methyl sites for hydroxylation is 3. The number of fused-ring (bicyclic) bond motifs is 1. The van der Waals surface area contributed by atoms with Gasteiger partial charge in [-0.25, -0.2) is 4.39 Å². The molecular formula is C19H19FN4O. The molecule has 0 aliphatic carbocycles. The number of halogens is 1. The van der Waals surface area contributed by atoms with Crippen LogP contribution in [0.15, 0.2) is 22.9 Å². The van der Waals surface area contributed by atoms with E-state index in [0.29, 0.717) is 28.7 Å². The fourth-order valence-corrected chi connectivity index (χ4v) is 3.05. The normalized spacial score (nSPS) is 10.8. The molecule has 25 heavy (non-hydrogen) atoms. The van der Waals surface area contributed by atoms with Crippen molar-refractivity contribution in [2.24, 2.45) is 0 Å². The summed E-state index contributed by atoms with van der Waals surface area (Å²) in [5.41, 5.74) is 4.52. The van der Waals surface area contributed by atoms with E-state index in [4.69, 9.17) is 4.52 Å². The Kier molecular flexibility index (Phi) is 4.66. The van der Waals surface area contributed by atoms with Crippen LogP contribution in [-0.4, -0.2) is 16.7 Å². The van der Waals surface area contributed by atoms with Crippen molar-refractivity contribution >= 4 is 16.6 Å². The summed E-state index contributed by atoms with van der Waals surface area (Å²) in [6, 6.07) is 5.00. The van der Waals surface area contributed by atoms with Crippen molar-refractivity contribution in [3.05, 3.63) is 52.3 Å². The summed E-state index contributed by atoms with van der Waals surface area (Å²) in [5.74, 6) is 0.503. The lowest BCUT2D eigenvalue weighted by molar-refractivity contribution is 0.392. The van der Waals surface area contributed by atoms with Crippen LogP contribution in [-0.2, 0) is 6.42 Å². The monoisotopic (exact) mass is 338 g/mol. The Morgan fingerprint density at radius 1 is 1.28 bits per heavy atom. The van der Waals surface area contributed by atoms with Gasteiger partial charge in [0.1, 0.15) is 17.6 Å². The SMILES string of the molecule is Cc1noc(C)c1CCCNc1c(C#N)cnc2c(C)cc(F)cc12. The average Bonchev–Trinajstić information content (AvgIpc) is 2.90. The van der Waals surface area contributed by atoms with Crippen LogP contribution in [0.1, 0.15) is 34.6 Å². The van der Waals surface area contributed by atoms with Crippen molar-refractivity contribution in [1.29, 1.82) is 5.26 Å². The van der Waals surface area contributed by atoms with Crippen LogP contribution >= 0.6 is 0 Å². The van der Waals surface area contributed by atoms with Crippen LogP contribution in [0.25, 0.3) is 10.9 Å². The zero-order chi connectivity index (χ0) is 18.0. The largest absolute Gasteiger partial charge is 0.383 e. The molecule has 5 nitrogen and oxygen atoms in total. The number of benzene rings is 1. The number of rotatable bonds is 5. The third kappa shape index (κ3) is 3.31. The molecule has 0 saturated heterocycles. The van der Waals surface area contributed by atoms with Crippen LogP contribution < -0.4 is 5.32 Å². The Balaban J connectivity index is 1.82. The van der Waals surface area contributed by atoms with Crippen molar-refractivity contribution in [3.8, 4) is 6.07 Å². The van der Waals surface area contributed by atoms with Gasteiger partial charge in [-0.05, 0) is 51.3 Å². The third-order valence-electron chi connectivity index (χ3n) is 4.33. The van der Waals surface area contributed by atoms with Gasteiger partial charge in [-0.1, -0.05) is 5.16 Å². The molecule has 6 heteroatoms. The molecule has 0 bridgehead atoms. The highest BCUT2D eigenvalue weighted by molar-refractivity contribution is 5.95. The van der Waals surface area contributed by atoms with Gasteiger partial charge in [0.05, 0.1) is 22.5 Å². The van der Waals surface area contributed by atoms with Gasteiger partial charge >= 0.3 is 0 Å². The van der Waals surface area contributed by atoms with E-state index >= 15 is 0 Å². The quantitative estimate of drug-likeness (QED) is 0.706. The van der Waals surface area contributed by atoms with Gasteiger partial charge in [-0.2, -0.15) is 5.26 Å². The maximum Gasteiger partial charge on any atom is 0.137 e. The smallest absolute Gasteiger partial charge is 0.137 e. The highest BCUT2D eigenvalue weighted by Crippen LogP contribution is 2.28. The number of hydrogen-bond donors (Lipinski definition) is 1. The van der Waals surface area contributed by atoms with Gasteiger partial charge in [-0.3, -0.25) is 4.98 Å². The van der Waals surface area contributed by atoms with Crippen LogP contribution in [0.3, 0.4) is 0 Å². The molecule has 2 heterocycles. The molecule has 0 radical (unpaired) electrons. The summed E-state index contributed by atoms with van der Waals surface area (Å²) in [7, 11) is 0. The van der Waals surface area contributed by atoms with Crippen LogP contribution in [0.4, 0.5) is 10.1 Å². The first-order chi connectivity index (χ1) is 12.0. The van der Waals surface area contributed by atoms with Crippen molar-refractivity contribution < 1.29 is 8.91 Å². The van der Waals surface area contributed by atoms with Crippen LogP contribution in [0, 0.1) is 37.9 Å². The molecule has 1 aromatic carbocycles. The Hall–Kier alpha value is -2.94. The second-order valence-electron chi connectivity index (χ2n) is 6.11. The van der Waals surface area contributed by atoms with E-state index in [1.807, 2.05) is 20.8 Å². The highest BCUT2D eigenvalue weighted by atomic mass is 19.1. The molecule has 128 valence electrons. The van der Waals surface area contributed by atoms with Gasteiger partial charge in [0, 0.05) is 23.7 Å². The van der Waals surface area contributed by atoms with E-state index in [9.17, 15) is 9.65 Å². The summed E-state index contributed by atoms with van der Waals surface area (Å²) in [4.78, 5) is 4.30. The molecule has 0 fully saturated rings. The lowest BCUT2D eigenvalue weighted by Crippen LogP contribution is -2.07. The summed E-state index contributed by atoms with van der Waals surface area (Å²) in [6.07, 6.45) is 3.20. The molecule has 0 aliphatic heterocycles. The predicted octanol–water partition coefficient (Wildman–Crippen LogP) is 4.20. The number of hydrogen-bond acceptors (Lipinski definition) is 5. The van der Waals surface area contributed by atoms with Crippen LogP contribution in [0.2, 0.25) is 0 Å². The van der Waals surface area contributed by atoms with E-state index in [2.05, 4.69) is 21.5 Å². The van der Waals surface area contributed by atoms with Crippen molar-refractivity contribution in [3.63, 3.8) is 0 Å². The van der Waals surface area contributed by atoms with E-state index in [1.165, 1.54) is 18.3 Å². The summed E-state index contributed by atoms with van der Waals surface area (Å²) in [6.45, 7) is 6.28. The minimum atomic E-state index is -0.333. The van der Waals surface area contributed by atoms with E-state index in [0.717, 1.165) is 35.4 Å². The van der Waals surface area contributed by atoms with Crippen molar-refractivity contribution in [2.75, 3.05) is 11.9 Å². The Morgan fingerprint density at radius 3 is 2.76 bits per heavy atom. The number of pyridine rings is 1. The molecule has 0 spiro atoms. The minimum absolute atomic E-state index is 0.333. The Labute approximate surface area is 145 Å². The second-order valence-corrected chi connectivity index (χ2v) is 6.11. The maximum atomic E-state index is 13.8. The fourth-order valence-electron chi connectivity index (χ4n) is 3.05. The van der Waals surface area contributed by atoms with E-state index in [1.54, 1.807) is 0 Å². The van der Waals surface area contributed by atoms with Crippen molar-refractivity contribution in [1.82, 2.24) is 10.1 Å². The predicted molar refractivity (Wildman–Crippen MR) is 93.9 cm³/mol. The number of nitrogens with zero attached hydrogens (tertiary/aromatic N) is 3. The molecule has 0 saturated carbocycles. The Bertz CT molecular complexity index is 952. The molecule has 0 amide bonds. The van der Waals surface area contributed by atoms with Crippen LogP contribution in [0.5, 0.6) is 0 Å². The lowest BCUT2D eigenvalue weighted by atomic mass is 10.1. The number of nitriles is 1. The summed E-state index contributed by atoms with van der Waals surface area (Å²) >= 11 is 0. The molecule has 3 rings (SSSR count). The second kappa shape index (κ2) is 6.89. The van der Waals surface area contributed by atoms with Gasteiger partial charge in [0.2, 0.25) is 0 Å². The topological polar surface area (TPSA) is 74.7 Å². The minimum Gasteiger partial charge on any atom is -0.383 e. The number of aromatic nitrogens is 2. The zero-order valence-corrected chi connectivity index (χ0v) is 14.5. The zero-order valence-electron chi connectivity index (χ0n) is 14.5. The van der Waals surface area contributed by atoms with Gasteiger partial charge in [0.25, 0.3) is 0 Å². The molecule has 0 unspecified atom stereocenters. The molecule has 3 aromatic rings. The maximum absolute atomic E-state index is 13.8. The first-order valence-corrected chi connectivity index (χ1v) is 8.16. The van der Waals surface area contributed by atoms with Gasteiger partial charge in [0.15, 0.2) is 0 Å². The Morgan fingerprint density at radius 2 is 2.08 bits per heavy atom. The fraction of sp³-hybridized carbons (Fsp3) is 0.316. The highest BCUT2D eigenvalue weighted by Gasteiger charge is 2.12.